The Kier molecular flexibility index (Phi) is 7.44. The Morgan fingerprint density at radius 2 is 2.10 bits per heavy atom. The fourth-order valence-corrected chi connectivity index (χ4v) is 5.10. The third-order valence-electron chi connectivity index (χ3n) is 4.66. The molecule has 1 aliphatic rings. The number of halogens is 2. The minimum atomic E-state index is -0.379. The van der Waals surface area contributed by atoms with E-state index in [0.29, 0.717) is 38.9 Å². The Balaban J connectivity index is 1.74. The number of anilines is 1. The maximum absolute atomic E-state index is 12.6. The minimum Gasteiger partial charge on any atom is -0.482 e. The van der Waals surface area contributed by atoms with Gasteiger partial charge < -0.3 is 14.8 Å². The van der Waals surface area contributed by atoms with Gasteiger partial charge in [0.15, 0.2) is 6.61 Å². The molecule has 5 nitrogen and oxygen atoms in total. The number of nitrogens with one attached hydrogen (secondary N) is 1. The number of hydrogen-bond acceptors (Lipinski definition) is 5. The lowest BCUT2D eigenvalue weighted by Gasteiger charge is -2.18. The lowest BCUT2D eigenvalue weighted by Crippen LogP contribution is -2.21. The van der Waals surface area contributed by atoms with Crippen molar-refractivity contribution in [3.05, 3.63) is 44.2 Å². The zero-order valence-corrected chi connectivity index (χ0v) is 18.7. The first kappa shape index (κ1) is 21.9. The summed E-state index contributed by atoms with van der Waals surface area (Å²) < 4.78 is 10.9. The van der Waals surface area contributed by atoms with Gasteiger partial charge in [0.25, 0.3) is 5.91 Å². The van der Waals surface area contributed by atoms with Gasteiger partial charge in [-0.3, -0.25) is 4.79 Å². The van der Waals surface area contributed by atoms with Crippen molar-refractivity contribution in [3.8, 4) is 5.75 Å². The number of thiophene rings is 1. The van der Waals surface area contributed by atoms with E-state index >= 15 is 0 Å². The molecule has 156 valence electrons. The normalized spacial score (nSPS) is 15.5. The Bertz CT molecular complexity index is 912. The number of carbonyl (C=O) groups excluding carboxylic acids is 2. The smallest absolute Gasteiger partial charge is 0.341 e. The maximum atomic E-state index is 12.6. The Morgan fingerprint density at radius 3 is 2.83 bits per heavy atom. The summed E-state index contributed by atoms with van der Waals surface area (Å²) in [5.41, 5.74) is 1.49. The second kappa shape index (κ2) is 9.83. The molecule has 1 aromatic heterocycles. The molecule has 1 atom stereocenters. The number of ether oxygens (including phenoxy) is 2. The van der Waals surface area contributed by atoms with Crippen molar-refractivity contribution in [1.29, 1.82) is 0 Å². The Labute approximate surface area is 184 Å². The van der Waals surface area contributed by atoms with Crippen LogP contribution in [0.3, 0.4) is 0 Å². The highest BCUT2D eigenvalue weighted by Crippen LogP contribution is 2.40. The maximum Gasteiger partial charge on any atom is 0.341 e. The van der Waals surface area contributed by atoms with Crippen LogP contribution in [0.1, 0.15) is 47.5 Å². The van der Waals surface area contributed by atoms with Crippen LogP contribution >= 0.6 is 34.5 Å². The van der Waals surface area contributed by atoms with Gasteiger partial charge in [0, 0.05) is 9.90 Å². The number of esters is 1. The standard InChI is InChI=1S/C21H23Cl2NO4S/c1-3-8-27-21(26)19-14-6-4-12(2)9-17(14)29-20(19)24-18(25)11-28-16-7-5-13(22)10-15(16)23/h5,7,10,12H,3-4,6,8-9,11H2,1-2H3,(H,24,25). The van der Waals surface area contributed by atoms with Gasteiger partial charge in [0.05, 0.1) is 17.2 Å². The van der Waals surface area contributed by atoms with Crippen LogP contribution in [-0.4, -0.2) is 25.1 Å². The topological polar surface area (TPSA) is 64.6 Å². The quantitative estimate of drug-likeness (QED) is 0.538. The third-order valence-corrected chi connectivity index (χ3v) is 6.36. The zero-order valence-electron chi connectivity index (χ0n) is 16.3. The number of amides is 1. The number of fused-ring (bicyclic) bond motifs is 1. The number of benzene rings is 1. The van der Waals surface area contributed by atoms with E-state index in [1.165, 1.54) is 11.3 Å². The predicted molar refractivity (Wildman–Crippen MR) is 117 cm³/mol. The molecule has 3 rings (SSSR count). The van der Waals surface area contributed by atoms with Crippen molar-refractivity contribution in [3.63, 3.8) is 0 Å². The molecule has 0 spiro atoms. The molecule has 0 bridgehead atoms. The summed E-state index contributed by atoms with van der Waals surface area (Å²) in [6.07, 6.45) is 3.48. The van der Waals surface area contributed by atoms with Crippen LogP contribution in [0, 0.1) is 5.92 Å². The monoisotopic (exact) mass is 455 g/mol. The van der Waals surface area contributed by atoms with E-state index in [-0.39, 0.29) is 18.5 Å². The van der Waals surface area contributed by atoms with E-state index in [4.69, 9.17) is 32.7 Å². The van der Waals surface area contributed by atoms with E-state index in [0.717, 1.165) is 36.1 Å². The van der Waals surface area contributed by atoms with Crippen molar-refractivity contribution in [2.24, 2.45) is 5.92 Å². The van der Waals surface area contributed by atoms with Crippen molar-refractivity contribution < 1.29 is 19.1 Å². The van der Waals surface area contributed by atoms with Gasteiger partial charge in [-0.15, -0.1) is 11.3 Å². The molecule has 2 aromatic rings. The van der Waals surface area contributed by atoms with Gasteiger partial charge in [-0.2, -0.15) is 0 Å². The SMILES string of the molecule is CCCOC(=O)c1c(NC(=O)COc2ccc(Cl)cc2Cl)sc2c1CCC(C)C2. The second-order valence-electron chi connectivity index (χ2n) is 7.10. The van der Waals surface area contributed by atoms with Crippen LogP contribution in [0.15, 0.2) is 18.2 Å². The van der Waals surface area contributed by atoms with Crippen LogP contribution in [0.4, 0.5) is 5.00 Å². The summed E-state index contributed by atoms with van der Waals surface area (Å²) in [5.74, 6) is 0.177. The first-order valence-electron chi connectivity index (χ1n) is 9.58. The molecule has 1 amide bonds. The van der Waals surface area contributed by atoms with Gasteiger partial charge in [-0.1, -0.05) is 37.0 Å². The largest absolute Gasteiger partial charge is 0.482 e. The van der Waals surface area contributed by atoms with Crippen LogP contribution in [0.25, 0.3) is 0 Å². The second-order valence-corrected chi connectivity index (χ2v) is 9.05. The average molecular weight is 456 g/mol. The summed E-state index contributed by atoms with van der Waals surface area (Å²) in [5, 5.41) is 4.17. The van der Waals surface area contributed by atoms with Gasteiger partial charge >= 0.3 is 5.97 Å². The lowest BCUT2D eigenvalue weighted by atomic mass is 9.88. The Morgan fingerprint density at radius 1 is 1.31 bits per heavy atom. The van der Waals surface area contributed by atoms with E-state index < -0.39 is 0 Å². The summed E-state index contributed by atoms with van der Waals surface area (Å²) in [7, 11) is 0. The van der Waals surface area contributed by atoms with Crippen molar-refractivity contribution in [2.45, 2.75) is 39.5 Å². The highest BCUT2D eigenvalue weighted by Gasteiger charge is 2.29. The van der Waals surface area contributed by atoms with E-state index in [1.54, 1.807) is 18.2 Å². The predicted octanol–water partition coefficient (Wildman–Crippen LogP) is 5.76. The fourth-order valence-electron chi connectivity index (χ4n) is 3.22. The average Bonchev–Trinajstić information content (AvgIpc) is 3.02. The number of rotatable bonds is 7. The van der Waals surface area contributed by atoms with Crippen molar-refractivity contribution in [2.75, 3.05) is 18.5 Å². The molecule has 8 heteroatoms. The van der Waals surface area contributed by atoms with E-state index in [2.05, 4.69) is 12.2 Å². The molecule has 0 radical (unpaired) electrons. The highest BCUT2D eigenvalue weighted by atomic mass is 35.5. The number of carbonyl (C=O) groups is 2. The minimum absolute atomic E-state index is 0.232. The zero-order chi connectivity index (χ0) is 21.0. The molecule has 0 aliphatic heterocycles. The molecular formula is C21H23Cl2NO4S. The van der Waals surface area contributed by atoms with E-state index in [9.17, 15) is 9.59 Å². The molecule has 1 unspecified atom stereocenters. The third kappa shape index (κ3) is 5.44. The molecule has 0 saturated carbocycles. The molecule has 1 aliphatic carbocycles. The first-order valence-corrected chi connectivity index (χ1v) is 11.2. The molecule has 1 aromatic carbocycles. The molecule has 0 fully saturated rings. The Hall–Kier alpha value is -1.76. The summed E-state index contributed by atoms with van der Waals surface area (Å²) in [4.78, 5) is 26.3. The molecular weight excluding hydrogens is 433 g/mol. The van der Waals surface area contributed by atoms with E-state index in [1.807, 2.05) is 6.92 Å². The highest BCUT2D eigenvalue weighted by molar-refractivity contribution is 7.17. The molecule has 1 heterocycles. The van der Waals surface area contributed by atoms with Crippen LogP contribution in [0.5, 0.6) is 5.75 Å². The summed E-state index contributed by atoms with van der Waals surface area (Å²) in [6.45, 7) is 4.26. The van der Waals surface area contributed by atoms with Crippen LogP contribution in [0.2, 0.25) is 10.0 Å². The number of hydrogen-bond donors (Lipinski definition) is 1. The summed E-state index contributed by atoms with van der Waals surface area (Å²) >= 11 is 13.4. The van der Waals surface area contributed by atoms with Crippen molar-refractivity contribution >= 4 is 51.4 Å². The first-order chi connectivity index (χ1) is 13.9. The van der Waals surface area contributed by atoms with Crippen LogP contribution < -0.4 is 10.1 Å². The van der Waals surface area contributed by atoms with Crippen molar-refractivity contribution in [1.82, 2.24) is 0 Å². The lowest BCUT2D eigenvalue weighted by molar-refractivity contribution is -0.118. The van der Waals surface area contributed by atoms with Gasteiger partial charge in [0.2, 0.25) is 0 Å². The molecule has 29 heavy (non-hydrogen) atoms. The molecule has 0 saturated heterocycles. The summed E-state index contributed by atoms with van der Waals surface area (Å²) in [6, 6.07) is 4.79. The van der Waals surface area contributed by atoms with Gasteiger partial charge in [0.1, 0.15) is 10.8 Å². The fraction of sp³-hybridized carbons (Fsp3) is 0.429. The van der Waals surface area contributed by atoms with Gasteiger partial charge in [-0.25, -0.2) is 4.79 Å². The van der Waals surface area contributed by atoms with Gasteiger partial charge in [-0.05, 0) is 55.4 Å². The van der Waals surface area contributed by atoms with Crippen LogP contribution in [-0.2, 0) is 22.4 Å². The molecule has 1 N–H and O–H groups in total.